The molecule has 1 saturated heterocycles. The van der Waals surface area contributed by atoms with Crippen LogP contribution < -0.4 is 9.64 Å². The van der Waals surface area contributed by atoms with E-state index in [0.29, 0.717) is 34.8 Å². The molecule has 6 nitrogen and oxygen atoms in total. The van der Waals surface area contributed by atoms with Crippen LogP contribution >= 0.6 is 22.7 Å². The molecule has 1 amide bonds. The fourth-order valence-electron chi connectivity index (χ4n) is 4.16. The number of amides is 1. The van der Waals surface area contributed by atoms with Crippen LogP contribution in [0.2, 0.25) is 0 Å². The van der Waals surface area contributed by atoms with E-state index in [2.05, 4.69) is 4.98 Å². The topological polar surface area (TPSA) is 79.7 Å². The lowest BCUT2D eigenvalue weighted by Gasteiger charge is -2.21. The molecule has 0 saturated carbocycles. The van der Waals surface area contributed by atoms with Crippen molar-refractivity contribution in [3.8, 4) is 5.75 Å². The van der Waals surface area contributed by atoms with Crippen LogP contribution in [-0.4, -0.2) is 28.4 Å². The molecule has 4 aromatic rings. The van der Waals surface area contributed by atoms with E-state index in [4.69, 9.17) is 4.74 Å². The van der Waals surface area contributed by atoms with Crippen LogP contribution in [0.25, 0.3) is 16.0 Å². The fourth-order valence-corrected chi connectivity index (χ4v) is 6.02. The quantitative estimate of drug-likeness (QED) is 0.169. The number of thiophene rings is 1. The van der Waals surface area contributed by atoms with Crippen LogP contribution in [0.15, 0.2) is 53.4 Å². The van der Waals surface area contributed by atoms with E-state index >= 15 is 0 Å². The minimum Gasteiger partial charge on any atom is -0.507 e. The predicted molar refractivity (Wildman–Crippen MR) is 140 cm³/mol. The van der Waals surface area contributed by atoms with Crippen LogP contribution in [0.3, 0.4) is 0 Å². The highest BCUT2D eigenvalue weighted by Crippen LogP contribution is 2.46. The molecule has 0 spiro atoms. The Bertz CT molecular complexity index is 1560. The summed E-state index contributed by atoms with van der Waals surface area (Å²) in [7, 11) is 0. The Kier molecular flexibility index (Phi) is 6.55. The van der Waals surface area contributed by atoms with Gasteiger partial charge in [0.2, 0.25) is 0 Å². The molecular weight excluding hydrogens is 518 g/mol. The summed E-state index contributed by atoms with van der Waals surface area (Å²) in [5.74, 6) is -2.78. The Morgan fingerprint density at radius 3 is 2.65 bits per heavy atom. The minimum atomic E-state index is -0.981. The number of halogens is 2. The molecule has 1 aliphatic heterocycles. The maximum absolute atomic E-state index is 14.4. The first-order valence-electron chi connectivity index (χ1n) is 11.5. The van der Waals surface area contributed by atoms with Crippen molar-refractivity contribution in [3.63, 3.8) is 0 Å². The summed E-state index contributed by atoms with van der Waals surface area (Å²) in [5, 5.41) is 13.1. The van der Waals surface area contributed by atoms with Gasteiger partial charge in [0.15, 0.2) is 10.9 Å². The first-order chi connectivity index (χ1) is 17.7. The van der Waals surface area contributed by atoms with Crippen molar-refractivity contribution in [3.05, 3.63) is 81.1 Å². The van der Waals surface area contributed by atoms with Crippen LogP contribution in [0.5, 0.6) is 5.75 Å². The average molecular weight is 541 g/mol. The molecule has 10 heteroatoms. The second kappa shape index (κ2) is 9.68. The Labute approximate surface area is 219 Å². The molecule has 190 valence electrons. The smallest absolute Gasteiger partial charge is 0.301 e. The highest BCUT2D eigenvalue weighted by molar-refractivity contribution is 7.22. The molecule has 0 bridgehead atoms. The van der Waals surface area contributed by atoms with E-state index in [1.165, 1.54) is 11.3 Å². The third-order valence-corrected chi connectivity index (χ3v) is 7.81. The number of fused-ring (bicyclic) bond motifs is 1. The number of ketones is 1. The fraction of sp³-hybridized carbons (Fsp3) is 0.222. The number of aryl methyl sites for hydroxylation is 1. The molecule has 2 aromatic heterocycles. The Morgan fingerprint density at radius 2 is 1.97 bits per heavy atom. The van der Waals surface area contributed by atoms with Gasteiger partial charge in [0.1, 0.15) is 28.9 Å². The Hall–Kier alpha value is -3.63. The standard InChI is InChI=1S/C27H22F2N2O4S2/c1-13(2)12-35-18-7-6-15(9-14(18)3)24(32)21-23(19-5-4-8-36-19)31(26(34)25(21)33)27-30-22-17(29)10-16(28)11-20(22)37-27/h4-11,13,23,32H,12H2,1-3H3/b24-21+. The number of carbonyl (C=O) groups is 2. The lowest BCUT2D eigenvalue weighted by atomic mass is 9.99. The first-order valence-corrected chi connectivity index (χ1v) is 13.2. The van der Waals surface area contributed by atoms with Gasteiger partial charge in [-0.1, -0.05) is 31.3 Å². The summed E-state index contributed by atoms with van der Waals surface area (Å²) in [5.41, 5.74) is 0.913. The number of nitrogens with zero attached hydrogens (tertiary/aromatic N) is 2. The maximum Gasteiger partial charge on any atom is 0.301 e. The van der Waals surface area contributed by atoms with Crippen molar-refractivity contribution in [2.45, 2.75) is 26.8 Å². The Balaban J connectivity index is 1.63. The first kappa shape index (κ1) is 25.0. The van der Waals surface area contributed by atoms with Crippen molar-refractivity contribution in [1.29, 1.82) is 0 Å². The number of carbonyl (C=O) groups excluding carboxylic acids is 2. The third-order valence-electron chi connectivity index (χ3n) is 5.89. The lowest BCUT2D eigenvalue weighted by Crippen LogP contribution is -2.28. The van der Waals surface area contributed by atoms with E-state index in [1.807, 2.05) is 20.8 Å². The van der Waals surface area contributed by atoms with Crippen LogP contribution in [0.4, 0.5) is 13.9 Å². The zero-order chi connectivity index (χ0) is 26.4. The SMILES string of the molecule is Cc1cc(/C(O)=C2\C(=O)C(=O)N(c3nc4c(F)cc(F)cc4s3)C2c2cccs2)ccc1OCC(C)C. The van der Waals surface area contributed by atoms with E-state index in [9.17, 15) is 23.5 Å². The van der Waals surface area contributed by atoms with Crippen LogP contribution in [0, 0.1) is 24.5 Å². The lowest BCUT2D eigenvalue weighted by molar-refractivity contribution is -0.132. The number of ether oxygens (including phenoxy) is 1. The second-order valence-electron chi connectivity index (χ2n) is 9.10. The van der Waals surface area contributed by atoms with Crippen molar-refractivity contribution >= 4 is 55.5 Å². The van der Waals surface area contributed by atoms with Crippen molar-refractivity contribution in [1.82, 2.24) is 4.98 Å². The van der Waals surface area contributed by atoms with Gasteiger partial charge in [-0.25, -0.2) is 13.8 Å². The number of hydrogen-bond acceptors (Lipinski definition) is 7. The molecule has 1 unspecified atom stereocenters. The molecule has 1 atom stereocenters. The van der Waals surface area contributed by atoms with Gasteiger partial charge in [-0.2, -0.15) is 0 Å². The summed E-state index contributed by atoms with van der Waals surface area (Å²) in [6, 6.07) is 9.41. The van der Waals surface area contributed by atoms with Gasteiger partial charge in [-0.3, -0.25) is 14.5 Å². The van der Waals surface area contributed by atoms with Gasteiger partial charge in [0.05, 0.1) is 16.9 Å². The highest BCUT2D eigenvalue weighted by atomic mass is 32.1. The van der Waals surface area contributed by atoms with Crippen molar-refractivity contribution < 1.29 is 28.2 Å². The normalized spacial score (nSPS) is 17.4. The molecular formula is C27H22F2N2O4S2. The van der Waals surface area contributed by atoms with E-state index in [-0.39, 0.29) is 26.7 Å². The predicted octanol–water partition coefficient (Wildman–Crippen LogP) is 6.61. The Morgan fingerprint density at radius 1 is 1.19 bits per heavy atom. The average Bonchev–Trinajstić information content (AvgIpc) is 3.57. The molecule has 2 aromatic carbocycles. The van der Waals surface area contributed by atoms with Gasteiger partial charge < -0.3 is 9.84 Å². The van der Waals surface area contributed by atoms with Crippen molar-refractivity contribution in [2.24, 2.45) is 5.92 Å². The molecule has 0 radical (unpaired) electrons. The number of aliphatic hydroxyl groups excluding tert-OH is 1. The van der Waals surface area contributed by atoms with Gasteiger partial charge in [-0.05, 0) is 54.1 Å². The van der Waals surface area contributed by atoms with Crippen LogP contribution in [0.1, 0.15) is 35.9 Å². The summed E-state index contributed by atoms with van der Waals surface area (Å²) in [6.45, 7) is 6.43. The summed E-state index contributed by atoms with van der Waals surface area (Å²) >= 11 is 2.19. The van der Waals surface area contributed by atoms with Gasteiger partial charge in [0, 0.05) is 16.5 Å². The summed E-state index contributed by atoms with van der Waals surface area (Å²) < 4.78 is 34.2. The molecule has 1 aliphatic rings. The number of Topliss-reactive ketones (excluding diaryl/α,β-unsaturated/α-hetero) is 1. The van der Waals surface area contributed by atoms with Gasteiger partial charge in [-0.15, -0.1) is 11.3 Å². The number of benzene rings is 2. The number of anilines is 1. The number of aromatic nitrogens is 1. The van der Waals surface area contributed by atoms with E-state index < -0.39 is 29.4 Å². The minimum absolute atomic E-state index is 0.0349. The molecule has 1 N–H and O–H groups in total. The summed E-state index contributed by atoms with van der Waals surface area (Å²) in [4.78, 5) is 32.5. The molecule has 3 heterocycles. The van der Waals surface area contributed by atoms with Crippen molar-refractivity contribution in [2.75, 3.05) is 11.5 Å². The molecule has 37 heavy (non-hydrogen) atoms. The number of aliphatic hydroxyl groups is 1. The van der Waals surface area contributed by atoms with Gasteiger partial charge in [0.25, 0.3) is 5.78 Å². The van der Waals surface area contributed by atoms with Crippen LogP contribution in [-0.2, 0) is 9.59 Å². The zero-order valence-electron chi connectivity index (χ0n) is 20.1. The third kappa shape index (κ3) is 4.51. The van der Waals surface area contributed by atoms with Gasteiger partial charge >= 0.3 is 5.91 Å². The summed E-state index contributed by atoms with van der Waals surface area (Å²) in [6.07, 6.45) is 0. The number of thiazole rings is 1. The molecule has 0 aliphatic carbocycles. The number of rotatable bonds is 6. The highest BCUT2D eigenvalue weighted by Gasteiger charge is 2.48. The monoisotopic (exact) mass is 540 g/mol. The number of hydrogen-bond donors (Lipinski definition) is 1. The largest absolute Gasteiger partial charge is 0.507 e. The maximum atomic E-state index is 14.4. The van der Waals surface area contributed by atoms with E-state index in [0.717, 1.165) is 27.9 Å². The van der Waals surface area contributed by atoms with E-state index in [1.54, 1.807) is 35.7 Å². The zero-order valence-corrected chi connectivity index (χ0v) is 21.8. The second-order valence-corrected chi connectivity index (χ2v) is 11.1. The molecule has 1 fully saturated rings. The molecule has 5 rings (SSSR count).